The second-order valence-electron chi connectivity index (χ2n) is 3.45. The molecule has 0 spiro atoms. The van der Waals surface area contributed by atoms with E-state index in [0.717, 1.165) is 12.1 Å². The largest absolute Gasteiger partial charge is 0.354 e. The summed E-state index contributed by atoms with van der Waals surface area (Å²) in [6, 6.07) is 1.94. The van der Waals surface area contributed by atoms with Gasteiger partial charge in [0.2, 0.25) is 0 Å². The van der Waals surface area contributed by atoms with E-state index >= 15 is 0 Å². The normalized spacial score (nSPS) is 11.9. The summed E-state index contributed by atoms with van der Waals surface area (Å²) in [7, 11) is -2.83. The second-order valence-corrected chi connectivity index (χ2v) is 5.70. The molecular weight excluding hydrogens is 200 g/mol. The highest BCUT2D eigenvalue weighted by molar-refractivity contribution is 7.90. The molecule has 0 atom stereocenters. The topological polar surface area (TPSA) is 65.1 Å². The number of nitrogens with zero attached hydrogens (tertiary/aromatic N) is 1. The number of hydrogen-bond acceptors (Lipinski definition) is 3. The standard InChI is InChI=1S/C9H16N2O2S/c1-14(12,13)6-2-4-11-5-3-9(7-10)8-11/h3,5,8H,2,4,6-7,10H2,1H3. The summed E-state index contributed by atoms with van der Waals surface area (Å²) < 4.78 is 23.7. The van der Waals surface area contributed by atoms with Crippen molar-refractivity contribution < 1.29 is 8.42 Å². The Morgan fingerprint density at radius 1 is 1.50 bits per heavy atom. The van der Waals surface area contributed by atoms with Crippen molar-refractivity contribution in [2.45, 2.75) is 19.5 Å². The maximum Gasteiger partial charge on any atom is 0.147 e. The van der Waals surface area contributed by atoms with Crippen molar-refractivity contribution in [1.29, 1.82) is 0 Å². The first kappa shape index (κ1) is 11.3. The van der Waals surface area contributed by atoms with Gasteiger partial charge < -0.3 is 10.3 Å². The van der Waals surface area contributed by atoms with Crippen LogP contribution in [-0.4, -0.2) is 25.0 Å². The molecule has 0 saturated heterocycles. The quantitative estimate of drug-likeness (QED) is 0.774. The van der Waals surface area contributed by atoms with Crippen molar-refractivity contribution in [1.82, 2.24) is 4.57 Å². The van der Waals surface area contributed by atoms with Gasteiger partial charge in [0.05, 0.1) is 5.75 Å². The molecule has 0 aliphatic heterocycles. The predicted molar refractivity (Wildman–Crippen MR) is 56.7 cm³/mol. The van der Waals surface area contributed by atoms with Gasteiger partial charge in [0.25, 0.3) is 0 Å². The first-order valence-electron chi connectivity index (χ1n) is 4.54. The summed E-state index contributed by atoms with van der Waals surface area (Å²) in [5, 5.41) is 0. The zero-order valence-corrected chi connectivity index (χ0v) is 9.13. The molecule has 4 nitrogen and oxygen atoms in total. The van der Waals surface area contributed by atoms with E-state index in [0.29, 0.717) is 13.0 Å². The highest BCUT2D eigenvalue weighted by atomic mass is 32.2. The molecule has 0 aliphatic carbocycles. The van der Waals surface area contributed by atoms with E-state index in [4.69, 9.17) is 5.73 Å². The van der Waals surface area contributed by atoms with Crippen LogP contribution in [0.2, 0.25) is 0 Å². The molecule has 1 heterocycles. The van der Waals surface area contributed by atoms with E-state index in [2.05, 4.69) is 0 Å². The molecule has 1 rings (SSSR count). The zero-order chi connectivity index (χ0) is 10.6. The molecule has 0 radical (unpaired) electrons. The lowest BCUT2D eigenvalue weighted by atomic mass is 10.3. The van der Waals surface area contributed by atoms with Crippen LogP contribution in [-0.2, 0) is 22.9 Å². The number of aromatic nitrogens is 1. The first-order chi connectivity index (χ1) is 6.51. The fraction of sp³-hybridized carbons (Fsp3) is 0.556. The highest BCUT2D eigenvalue weighted by Gasteiger charge is 2.01. The third kappa shape index (κ3) is 3.93. The Bertz CT molecular complexity index is 381. The van der Waals surface area contributed by atoms with Gasteiger partial charge in [0.15, 0.2) is 0 Å². The van der Waals surface area contributed by atoms with Crippen LogP contribution in [0.1, 0.15) is 12.0 Å². The van der Waals surface area contributed by atoms with Gasteiger partial charge in [-0.1, -0.05) is 0 Å². The molecular formula is C9H16N2O2S. The number of hydrogen-bond donors (Lipinski definition) is 1. The molecule has 0 aromatic carbocycles. The maximum absolute atomic E-state index is 10.9. The number of aryl methyl sites for hydroxylation is 1. The van der Waals surface area contributed by atoms with Crippen LogP contribution in [0.4, 0.5) is 0 Å². The number of sulfone groups is 1. The highest BCUT2D eigenvalue weighted by Crippen LogP contribution is 2.01. The second kappa shape index (κ2) is 4.61. The van der Waals surface area contributed by atoms with Gasteiger partial charge in [0, 0.05) is 31.7 Å². The van der Waals surface area contributed by atoms with Crippen LogP contribution in [0.5, 0.6) is 0 Å². The average Bonchev–Trinajstić information content (AvgIpc) is 2.50. The van der Waals surface area contributed by atoms with Crippen LogP contribution in [0, 0.1) is 0 Å². The first-order valence-corrected chi connectivity index (χ1v) is 6.60. The van der Waals surface area contributed by atoms with Gasteiger partial charge in [-0.2, -0.15) is 0 Å². The van der Waals surface area contributed by atoms with Crippen molar-refractivity contribution >= 4 is 9.84 Å². The number of rotatable bonds is 5. The lowest BCUT2D eigenvalue weighted by Crippen LogP contribution is -2.06. The summed E-state index contributed by atoms with van der Waals surface area (Å²) >= 11 is 0. The molecule has 0 aliphatic rings. The summed E-state index contributed by atoms with van der Waals surface area (Å²) in [5.74, 6) is 0.239. The van der Waals surface area contributed by atoms with Gasteiger partial charge in [-0.05, 0) is 18.1 Å². The molecule has 0 unspecified atom stereocenters. The van der Waals surface area contributed by atoms with Crippen molar-refractivity contribution in [3.63, 3.8) is 0 Å². The van der Waals surface area contributed by atoms with E-state index < -0.39 is 9.84 Å². The molecule has 0 bridgehead atoms. The third-order valence-corrected chi connectivity index (χ3v) is 3.01. The Morgan fingerprint density at radius 3 is 2.71 bits per heavy atom. The minimum atomic E-state index is -2.83. The monoisotopic (exact) mass is 216 g/mol. The van der Waals surface area contributed by atoms with Crippen LogP contribution in [0.15, 0.2) is 18.5 Å². The van der Waals surface area contributed by atoms with Crippen LogP contribution < -0.4 is 5.73 Å². The van der Waals surface area contributed by atoms with E-state index in [1.54, 1.807) is 0 Å². The van der Waals surface area contributed by atoms with Crippen molar-refractivity contribution in [3.05, 3.63) is 24.0 Å². The fourth-order valence-electron chi connectivity index (χ4n) is 1.26. The van der Waals surface area contributed by atoms with Gasteiger partial charge in [-0.25, -0.2) is 8.42 Å². The van der Waals surface area contributed by atoms with Gasteiger partial charge >= 0.3 is 0 Å². The Balaban J connectivity index is 2.39. The van der Waals surface area contributed by atoms with E-state index in [9.17, 15) is 8.42 Å². The minimum absolute atomic E-state index is 0.239. The van der Waals surface area contributed by atoms with Gasteiger partial charge in [-0.15, -0.1) is 0 Å². The molecule has 0 amide bonds. The maximum atomic E-state index is 10.9. The summed E-state index contributed by atoms with van der Waals surface area (Å²) in [6.45, 7) is 1.26. The van der Waals surface area contributed by atoms with E-state index in [-0.39, 0.29) is 5.75 Å². The van der Waals surface area contributed by atoms with Gasteiger partial charge in [-0.3, -0.25) is 0 Å². The Hall–Kier alpha value is -0.810. The van der Waals surface area contributed by atoms with Gasteiger partial charge in [0.1, 0.15) is 9.84 Å². The number of nitrogens with two attached hydrogens (primary N) is 1. The Kier molecular flexibility index (Phi) is 3.71. The molecule has 0 fully saturated rings. The summed E-state index contributed by atoms with van der Waals surface area (Å²) in [6.07, 6.45) is 5.78. The molecule has 1 aromatic heterocycles. The van der Waals surface area contributed by atoms with E-state index in [1.165, 1.54) is 6.26 Å². The lowest BCUT2D eigenvalue weighted by molar-refractivity contribution is 0.592. The minimum Gasteiger partial charge on any atom is -0.354 e. The fourth-order valence-corrected chi connectivity index (χ4v) is 1.91. The summed E-state index contributed by atoms with van der Waals surface area (Å²) in [5.41, 5.74) is 6.53. The molecule has 1 aromatic rings. The zero-order valence-electron chi connectivity index (χ0n) is 8.31. The molecule has 14 heavy (non-hydrogen) atoms. The smallest absolute Gasteiger partial charge is 0.147 e. The summed E-state index contributed by atoms with van der Waals surface area (Å²) in [4.78, 5) is 0. The Morgan fingerprint density at radius 2 is 2.21 bits per heavy atom. The van der Waals surface area contributed by atoms with Crippen LogP contribution in [0.3, 0.4) is 0 Å². The van der Waals surface area contributed by atoms with Crippen molar-refractivity contribution in [2.24, 2.45) is 5.73 Å². The van der Waals surface area contributed by atoms with E-state index in [1.807, 2.05) is 23.0 Å². The molecule has 2 N–H and O–H groups in total. The lowest BCUT2D eigenvalue weighted by Gasteiger charge is -2.01. The van der Waals surface area contributed by atoms with Crippen LogP contribution in [0.25, 0.3) is 0 Å². The predicted octanol–water partition coefficient (Wildman–Crippen LogP) is 0.381. The Labute approximate surface area is 84.6 Å². The van der Waals surface area contributed by atoms with Crippen molar-refractivity contribution in [3.8, 4) is 0 Å². The van der Waals surface area contributed by atoms with Crippen LogP contribution >= 0.6 is 0 Å². The SMILES string of the molecule is CS(=O)(=O)CCCn1ccc(CN)c1. The molecule has 0 saturated carbocycles. The average molecular weight is 216 g/mol. The van der Waals surface area contributed by atoms with Crippen molar-refractivity contribution in [2.75, 3.05) is 12.0 Å². The molecule has 80 valence electrons. The molecule has 5 heteroatoms. The third-order valence-electron chi connectivity index (χ3n) is 1.98.